The van der Waals surface area contributed by atoms with Gasteiger partial charge in [-0.25, -0.2) is 9.78 Å². The highest BCUT2D eigenvalue weighted by atomic mass is 16.5. The van der Waals surface area contributed by atoms with Gasteiger partial charge >= 0.3 is 5.69 Å². The number of aryl methyl sites for hydroxylation is 1. The van der Waals surface area contributed by atoms with Gasteiger partial charge in [0.25, 0.3) is 11.5 Å². The number of pyridine rings is 1. The van der Waals surface area contributed by atoms with Crippen molar-refractivity contribution in [2.45, 2.75) is 19.4 Å². The lowest BCUT2D eigenvalue weighted by molar-refractivity contribution is -0.0226. The molecule has 128 valence electrons. The molecule has 0 bridgehead atoms. The Morgan fingerprint density at radius 1 is 1.33 bits per heavy atom. The van der Waals surface area contributed by atoms with E-state index in [0.717, 1.165) is 11.0 Å². The molecule has 1 saturated heterocycles. The number of fused-ring (bicyclic) bond motifs is 1. The highest BCUT2D eigenvalue weighted by molar-refractivity contribution is 5.96. The summed E-state index contributed by atoms with van der Waals surface area (Å²) in [7, 11) is 2.96. The Hall–Kier alpha value is -2.48. The van der Waals surface area contributed by atoms with Crippen LogP contribution in [0.5, 0.6) is 0 Å². The Morgan fingerprint density at radius 2 is 2.08 bits per heavy atom. The lowest BCUT2D eigenvalue weighted by Crippen LogP contribution is -2.45. The van der Waals surface area contributed by atoms with Gasteiger partial charge in [0.15, 0.2) is 0 Å². The number of hydrogen-bond donors (Lipinski definition) is 0. The van der Waals surface area contributed by atoms with E-state index in [1.54, 1.807) is 11.9 Å². The van der Waals surface area contributed by atoms with Gasteiger partial charge in [-0.3, -0.25) is 18.7 Å². The molecule has 0 aromatic carbocycles. The quantitative estimate of drug-likeness (QED) is 0.765. The average Bonchev–Trinajstić information content (AvgIpc) is 2.63. The first-order chi connectivity index (χ1) is 11.4. The van der Waals surface area contributed by atoms with Crippen molar-refractivity contribution in [1.29, 1.82) is 0 Å². The molecule has 0 unspecified atom stereocenters. The molecule has 0 aliphatic carbocycles. The largest absolute Gasteiger partial charge is 0.375 e. The van der Waals surface area contributed by atoms with E-state index in [-0.39, 0.29) is 23.0 Å². The van der Waals surface area contributed by atoms with Crippen molar-refractivity contribution < 1.29 is 9.53 Å². The number of carbonyl (C=O) groups is 1. The minimum absolute atomic E-state index is 0.0322. The Labute approximate surface area is 138 Å². The lowest BCUT2D eigenvalue weighted by Gasteiger charge is -2.32. The second-order valence-electron chi connectivity index (χ2n) is 5.95. The zero-order valence-electron chi connectivity index (χ0n) is 14.0. The maximum absolute atomic E-state index is 12.7. The standard InChI is InChI=1S/C16H20N4O4/c1-4-11-9-20(5-6-24-11)14(21)10-7-12-13(17-8-10)18(2)16(23)19(3)15(12)22/h7-8,11H,4-6,9H2,1-3H3/t11-/m1/s1. The molecule has 24 heavy (non-hydrogen) atoms. The van der Waals surface area contributed by atoms with Gasteiger partial charge in [-0.2, -0.15) is 0 Å². The third-order valence-electron chi connectivity index (χ3n) is 4.42. The van der Waals surface area contributed by atoms with Gasteiger partial charge in [-0.05, 0) is 12.5 Å². The molecular formula is C16H20N4O4. The van der Waals surface area contributed by atoms with Crippen molar-refractivity contribution >= 4 is 16.9 Å². The number of amides is 1. The van der Waals surface area contributed by atoms with Crippen molar-refractivity contribution in [1.82, 2.24) is 19.0 Å². The Bertz CT molecular complexity index is 915. The van der Waals surface area contributed by atoms with E-state index in [2.05, 4.69) is 4.98 Å². The van der Waals surface area contributed by atoms with Gasteiger partial charge in [-0.1, -0.05) is 6.92 Å². The summed E-state index contributed by atoms with van der Waals surface area (Å²) in [5.41, 5.74) is -0.287. The van der Waals surface area contributed by atoms with Crippen molar-refractivity contribution in [2.75, 3.05) is 19.7 Å². The van der Waals surface area contributed by atoms with Crippen LogP contribution in [0.3, 0.4) is 0 Å². The van der Waals surface area contributed by atoms with Crippen LogP contribution in [0.25, 0.3) is 11.0 Å². The normalized spacial score (nSPS) is 18.1. The Morgan fingerprint density at radius 3 is 2.79 bits per heavy atom. The van der Waals surface area contributed by atoms with Crippen molar-refractivity contribution in [2.24, 2.45) is 14.1 Å². The molecule has 0 radical (unpaired) electrons. The van der Waals surface area contributed by atoms with E-state index in [4.69, 9.17) is 4.74 Å². The molecule has 1 aliphatic rings. The van der Waals surface area contributed by atoms with Crippen LogP contribution < -0.4 is 11.2 Å². The molecule has 3 rings (SSSR count). The average molecular weight is 332 g/mol. The Balaban J connectivity index is 2.03. The third-order valence-corrected chi connectivity index (χ3v) is 4.42. The first kappa shape index (κ1) is 16.4. The fourth-order valence-electron chi connectivity index (χ4n) is 2.92. The van der Waals surface area contributed by atoms with E-state index in [1.165, 1.54) is 23.9 Å². The van der Waals surface area contributed by atoms with Crippen LogP contribution >= 0.6 is 0 Å². The highest BCUT2D eigenvalue weighted by Crippen LogP contribution is 2.14. The van der Waals surface area contributed by atoms with Crippen LogP contribution in [0, 0.1) is 0 Å². The van der Waals surface area contributed by atoms with Gasteiger partial charge in [0.2, 0.25) is 0 Å². The lowest BCUT2D eigenvalue weighted by atomic mass is 10.1. The van der Waals surface area contributed by atoms with Crippen LogP contribution in [0.4, 0.5) is 0 Å². The van der Waals surface area contributed by atoms with Crippen LogP contribution in [0.1, 0.15) is 23.7 Å². The molecule has 0 N–H and O–H groups in total. The number of ether oxygens (including phenoxy) is 1. The van der Waals surface area contributed by atoms with Crippen molar-refractivity contribution in [3.05, 3.63) is 38.7 Å². The molecule has 0 saturated carbocycles. The molecule has 2 aromatic rings. The van der Waals surface area contributed by atoms with Crippen LogP contribution in [0.15, 0.2) is 21.9 Å². The summed E-state index contributed by atoms with van der Waals surface area (Å²) in [5, 5.41) is 0.255. The third kappa shape index (κ3) is 2.62. The predicted octanol–water partition coefficient (Wildman–Crippen LogP) is -0.117. The summed E-state index contributed by atoms with van der Waals surface area (Å²) < 4.78 is 7.89. The highest BCUT2D eigenvalue weighted by Gasteiger charge is 2.25. The molecule has 3 heterocycles. The SMILES string of the molecule is CC[C@@H]1CN(C(=O)c2cnc3c(c2)c(=O)n(C)c(=O)n3C)CCO1. The summed E-state index contributed by atoms with van der Waals surface area (Å²) in [4.78, 5) is 42.8. The second-order valence-corrected chi connectivity index (χ2v) is 5.95. The van der Waals surface area contributed by atoms with Crippen LogP contribution in [-0.2, 0) is 18.8 Å². The summed E-state index contributed by atoms with van der Waals surface area (Å²) in [6.07, 6.45) is 2.28. The van der Waals surface area contributed by atoms with Crippen molar-refractivity contribution in [3.63, 3.8) is 0 Å². The molecule has 1 atom stereocenters. The van der Waals surface area contributed by atoms with Gasteiger partial charge in [0, 0.05) is 33.4 Å². The van der Waals surface area contributed by atoms with Crippen LogP contribution in [0.2, 0.25) is 0 Å². The maximum Gasteiger partial charge on any atom is 0.332 e. The fourth-order valence-corrected chi connectivity index (χ4v) is 2.92. The first-order valence-electron chi connectivity index (χ1n) is 7.90. The summed E-state index contributed by atoms with van der Waals surface area (Å²) >= 11 is 0. The van der Waals surface area contributed by atoms with E-state index in [1.807, 2.05) is 6.92 Å². The van der Waals surface area contributed by atoms with E-state index >= 15 is 0 Å². The van der Waals surface area contributed by atoms with Gasteiger partial charge in [-0.15, -0.1) is 0 Å². The molecule has 8 heteroatoms. The minimum Gasteiger partial charge on any atom is -0.375 e. The molecular weight excluding hydrogens is 312 g/mol. The van der Waals surface area contributed by atoms with E-state index in [9.17, 15) is 14.4 Å². The van der Waals surface area contributed by atoms with Gasteiger partial charge in [0.1, 0.15) is 5.65 Å². The van der Waals surface area contributed by atoms with Crippen molar-refractivity contribution in [3.8, 4) is 0 Å². The van der Waals surface area contributed by atoms with Crippen LogP contribution in [-0.4, -0.2) is 50.7 Å². The van der Waals surface area contributed by atoms with E-state index in [0.29, 0.717) is 25.3 Å². The topological polar surface area (TPSA) is 86.4 Å². The zero-order chi connectivity index (χ0) is 17.4. The number of hydrogen-bond acceptors (Lipinski definition) is 5. The number of morpholine rings is 1. The van der Waals surface area contributed by atoms with Gasteiger partial charge < -0.3 is 9.64 Å². The monoisotopic (exact) mass is 332 g/mol. The number of aromatic nitrogens is 3. The summed E-state index contributed by atoms with van der Waals surface area (Å²) in [5.74, 6) is -0.179. The maximum atomic E-state index is 12.7. The molecule has 1 aliphatic heterocycles. The molecule has 0 spiro atoms. The first-order valence-corrected chi connectivity index (χ1v) is 7.90. The zero-order valence-corrected chi connectivity index (χ0v) is 14.0. The molecule has 2 aromatic heterocycles. The number of rotatable bonds is 2. The summed E-state index contributed by atoms with van der Waals surface area (Å²) in [6.45, 7) is 3.55. The smallest absolute Gasteiger partial charge is 0.332 e. The molecule has 8 nitrogen and oxygen atoms in total. The molecule has 1 fully saturated rings. The second kappa shape index (κ2) is 6.20. The molecule has 1 amide bonds. The number of nitrogens with zero attached hydrogens (tertiary/aromatic N) is 4. The fraction of sp³-hybridized carbons (Fsp3) is 0.500. The minimum atomic E-state index is -0.455. The summed E-state index contributed by atoms with van der Waals surface area (Å²) in [6, 6.07) is 1.52. The van der Waals surface area contributed by atoms with Gasteiger partial charge in [0.05, 0.1) is 23.7 Å². The predicted molar refractivity (Wildman–Crippen MR) is 88.2 cm³/mol. The van der Waals surface area contributed by atoms with E-state index < -0.39 is 11.2 Å². The Kier molecular flexibility index (Phi) is 4.23. The number of carbonyl (C=O) groups excluding carboxylic acids is 1.